The lowest BCUT2D eigenvalue weighted by Crippen LogP contribution is -2.31. The van der Waals surface area contributed by atoms with Gasteiger partial charge in [0.05, 0.1) is 17.4 Å². The standard InChI is InChI=1S/C24H26N2O2/c1-4-8-15-9-7-10-16(23(15)28)22-21-19(13-24(2,3)14-20(21)27)25-17-11-5-6-12-18(17)26-22/h4-7,9-12,22,25-26,28H,1,8,13-14H2,2-3H3/t22-/m1/s1. The number of nitrogens with one attached hydrogen (secondary N) is 2. The number of hydrogen-bond acceptors (Lipinski definition) is 4. The number of benzene rings is 2. The number of fused-ring (bicyclic) bond motifs is 1. The Balaban J connectivity index is 1.91. The molecule has 4 heteroatoms. The minimum absolute atomic E-state index is 0.0977. The molecule has 0 spiro atoms. The smallest absolute Gasteiger partial charge is 0.163 e. The molecule has 1 atom stereocenters. The molecule has 144 valence electrons. The minimum Gasteiger partial charge on any atom is -0.507 e. The molecule has 28 heavy (non-hydrogen) atoms. The van der Waals surface area contributed by atoms with E-state index < -0.39 is 6.04 Å². The lowest BCUT2D eigenvalue weighted by Gasteiger charge is -2.34. The molecular formula is C24H26N2O2. The van der Waals surface area contributed by atoms with Gasteiger partial charge in [0.15, 0.2) is 5.78 Å². The Hall–Kier alpha value is -3.01. The number of carbonyl (C=O) groups is 1. The Morgan fingerprint density at radius 2 is 1.89 bits per heavy atom. The highest BCUT2D eigenvalue weighted by atomic mass is 16.3. The Morgan fingerprint density at radius 1 is 1.14 bits per heavy atom. The van der Waals surface area contributed by atoms with Crippen molar-refractivity contribution in [2.75, 3.05) is 10.6 Å². The molecule has 2 aliphatic rings. The van der Waals surface area contributed by atoms with Gasteiger partial charge in [-0.2, -0.15) is 0 Å². The second kappa shape index (κ2) is 6.86. The normalized spacial score (nSPS) is 20.4. The highest BCUT2D eigenvalue weighted by molar-refractivity contribution is 6.01. The maximum Gasteiger partial charge on any atom is 0.163 e. The number of anilines is 2. The average Bonchev–Trinajstić information content (AvgIpc) is 2.79. The summed E-state index contributed by atoms with van der Waals surface area (Å²) in [7, 11) is 0. The van der Waals surface area contributed by atoms with Gasteiger partial charge in [-0.15, -0.1) is 6.58 Å². The fraction of sp³-hybridized carbons (Fsp3) is 0.292. The van der Waals surface area contributed by atoms with Crippen LogP contribution in [0.25, 0.3) is 0 Å². The van der Waals surface area contributed by atoms with E-state index in [1.54, 1.807) is 6.08 Å². The van der Waals surface area contributed by atoms with Crippen molar-refractivity contribution < 1.29 is 9.90 Å². The van der Waals surface area contributed by atoms with Crippen LogP contribution in [0, 0.1) is 5.41 Å². The van der Waals surface area contributed by atoms with E-state index in [2.05, 4.69) is 31.1 Å². The third kappa shape index (κ3) is 3.19. The number of phenolic OH excluding ortho intramolecular Hbond substituents is 1. The van der Waals surface area contributed by atoms with Crippen LogP contribution in [-0.2, 0) is 11.2 Å². The van der Waals surface area contributed by atoms with Crippen molar-refractivity contribution in [2.24, 2.45) is 5.41 Å². The van der Waals surface area contributed by atoms with Crippen molar-refractivity contribution in [3.05, 3.63) is 77.5 Å². The summed E-state index contributed by atoms with van der Waals surface area (Å²) in [5, 5.41) is 18.0. The Bertz CT molecular complexity index is 988. The molecular weight excluding hydrogens is 348 g/mol. The summed E-state index contributed by atoms with van der Waals surface area (Å²) >= 11 is 0. The zero-order valence-electron chi connectivity index (χ0n) is 16.4. The SMILES string of the molecule is C=CCc1cccc([C@H]2Nc3ccccc3NC3=C2C(=O)CC(C)(C)C3)c1O. The lowest BCUT2D eigenvalue weighted by molar-refractivity contribution is -0.118. The zero-order chi connectivity index (χ0) is 19.9. The first-order valence-corrected chi connectivity index (χ1v) is 9.70. The molecule has 0 saturated heterocycles. The third-order valence-electron chi connectivity index (χ3n) is 5.55. The average molecular weight is 374 g/mol. The maximum absolute atomic E-state index is 13.2. The Kier molecular flexibility index (Phi) is 4.50. The van der Waals surface area contributed by atoms with Crippen LogP contribution in [0.1, 0.15) is 43.9 Å². The number of allylic oxidation sites excluding steroid dienone is 2. The maximum atomic E-state index is 13.2. The molecule has 2 aromatic rings. The van der Waals surface area contributed by atoms with E-state index in [-0.39, 0.29) is 16.9 Å². The Labute approximate surface area is 166 Å². The van der Waals surface area contributed by atoms with Crippen molar-refractivity contribution in [3.63, 3.8) is 0 Å². The molecule has 1 heterocycles. The summed E-state index contributed by atoms with van der Waals surface area (Å²) in [6.07, 6.45) is 3.63. The molecule has 1 aliphatic heterocycles. The monoisotopic (exact) mass is 374 g/mol. The molecule has 4 rings (SSSR count). The number of ketones is 1. The molecule has 1 aliphatic carbocycles. The third-order valence-corrected chi connectivity index (χ3v) is 5.55. The van der Waals surface area contributed by atoms with Crippen molar-refractivity contribution in [2.45, 2.75) is 39.2 Å². The molecule has 0 saturated carbocycles. The van der Waals surface area contributed by atoms with Crippen LogP contribution >= 0.6 is 0 Å². The molecule has 0 radical (unpaired) electrons. The van der Waals surface area contributed by atoms with Gasteiger partial charge in [-0.3, -0.25) is 4.79 Å². The zero-order valence-corrected chi connectivity index (χ0v) is 16.4. The highest BCUT2D eigenvalue weighted by Crippen LogP contribution is 2.47. The topological polar surface area (TPSA) is 61.4 Å². The van der Waals surface area contributed by atoms with Crippen molar-refractivity contribution in [1.82, 2.24) is 0 Å². The second-order valence-corrected chi connectivity index (χ2v) is 8.43. The van der Waals surface area contributed by atoms with Crippen molar-refractivity contribution in [1.29, 1.82) is 0 Å². The van der Waals surface area contributed by atoms with Crippen LogP contribution in [0.4, 0.5) is 11.4 Å². The van der Waals surface area contributed by atoms with Gasteiger partial charge in [-0.05, 0) is 36.0 Å². The van der Waals surface area contributed by atoms with Gasteiger partial charge in [0.25, 0.3) is 0 Å². The first-order valence-electron chi connectivity index (χ1n) is 9.70. The number of rotatable bonds is 3. The van der Waals surface area contributed by atoms with E-state index in [1.165, 1.54) is 0 Å². The van der Waals surface area contributed by atoms with Crippen LogP contribution in [0.15, 0.2) is 66.4 Å². The van der Waals surface area contributed by atoms with E-state index in [4.69, 9.17) is 0 Å². The minimum atomic E-state index is -0.403. The van der Waals surface area contributed by atoms with Gasteiger partial charge in [0.1, 0.15) is 5.75 Å². The summed E-state index contributed by atoms with van der Waals surface area (Å²) in [5.74, 6) is 0.348. The fourth-order valence-electron chi connectivity index (χ4n) is 4.29. The van der Waals surface area contributed by atoms with Gasteiger partial charge in [0, 0.05) is 23.3 Å². The largest absolute Gasteiger partial charge is 0.507 e. The molecule has 0 unspecified atom stereocenters. The van der Waals surface area contributed by atoms with Gasteiger partial charge >= 0.3 is 0 Å². The number of Topliss-reactive ketones (excluding diaryl/α,β-unsaturated/α-hetero) is 1. The highest BCUT2D eigenvalue weighted by Gasteiger charge is 2.39. The van der Waals surface area contributed by atoms with Crippen LogP contribution in [0.2, 0.25) is 0 Å². The Morgan fingerprint density at radius 3 is 2.64 bits per heavy atom. The summed E-state index contributed by atoms with van der Waals surface area (Å²) in [6.45, 7) is 8.02. The van der Waals surface area contributed by atoms with E-state index in [1.807, 2.05) is 42.5 Å². The number of phenols is 1. The van der Waals surface area contributed by atoms with Crippen LogP contribution in [0.5, 0.6) is 5.75 Å². The molecule has 0 amide bonds. The summed E-state index contributed by atoms with van der Waals surface area (Å²) in [5.41, 5.74) is 4.97. The second-order valence-electron chi connectivity index (χ2n) is 8.43. The predicted octanol–water partition coefficient (Wildman–Crippen LogP) is 5.34. The molecule has 0 bridgehead atoms. The summed E-state index contributed by atoms with van der Waals surface area (Å²) < 4.78 is 0. The van der Waals surface area contributed by atoms with Crippen LogP contribution < -0.4 is 10.6 Å². The fourth-order valence-corrected chi connectivity index (χ4v) is 4.29. The molecule has 0 aromatic heterocycles. The summed E-state index contributed by atoms with van der Waals surface area (Å²) in [4.78, 5) is 13.2. The molecule has 4 nitrogen and oxygen atoms in total. The molecule has 2 aromatic carbocycles. The first-order chi connectivity index (χ1) is 13.4. The van der Waals surface area contributed by atoms with Crippen LogP contribution in [-0.4, -0.2) is 10.9 Å². The van der Waals surface area contributed by atoms with E-state index in [0.717, 1.165) is 40.2 Å². The van der Waals surface area contributed by atoms with E-state index in [9.17, 15) is 9.90 Å². The lowest BCUT2D eigenvalue weighted by atomic mass is 9.73. The summed E-state index contributed by atoms with van der Waals surface area (Å²) in [6, 6.07) is 13.3. The van der Waals surface area contributed by atoms with Gasteiger partial charge in [-0.1, -0.05) is 50.3 Å². The number of aromatic hydroxyl groups is 1. The number of para-hydroxylation sites is 3. The quantitative estimate of drug-likeness (QED) is 0.635. The van der Waals surface area contributed by atoms with Gasteiger partial charge < -0.3 is 15.7 Å². The van der Waals surface area contributed by atoms with Crippen LogP contribution in [0.3, 0.4) is 0 Å². The molecule has 3 N–H and O–H groups in total. The molecule has 0 fully saturated rings. The van der Waals surface area contributed by atoms with Gasteiger partial charge in [-0.25, -0.2) is 0 Å². The van der Waals surface area contributed by atoms with Gasteiger partial charge in [0.2, 0.25) is 0 Å². The van der Waals surface area contributed by atoms with Crippen molar-refractivity contribution >= 4 is 17.2 Å². The van der Waals surface area contributed by atoms with Crippen molar-refractivity contribution in [3.8, 4) is 5.75 Å². The number of hydrogen-bond donors (Lipinski definition) is 3. The predicted molar refractivity (Wildman–Crippen MR) is 113 cm³/mol. The first kappa shape index (κ1) is 18.4. The number of carbonyl (C=O) groups excluding carboxylic acids is 1. The van der Waals surface area contributed by atoms with E-state index in [0.29, 0.717) is 12.8 Å². The van der Waals surface area contributed by atoms with E-state index >= 15 is 0 Å².